The summed E-state index contributed by atoms with van der Waals surface area (Å²) in [4.78, 5) is 18.3. The molecular formula is C12H18N2O2. The zero-order chi connectivity index (χ0) is 11.8. The highest BCUT2D eigenvalue weighted by Crippen LogP contribution is 1.99. The van der Waals surface area contributed by atoms with Crippen LogP contribution in [-0.4, -0.2) is 24.0 Å². The number of benzene rings is 1. The van der Waals surface area contributed by atoms with Crippen molar-refractivity contribution in [1.29, 1.82) is 0 Å². The molecule has 0 spiro atoms. The van der Waals surface area contributed by atoms with E-state index in [0.29, 0.717) is 19.7 Å². The maximum atomic E-state index is 11.5. The molecule has 0 bridgehead atoms. The van der Waals surface area contributed by atoms with Gasteiger partial charge in [0.05, 0.1) is 6.61 Å². The summed E-state index contributed by atoms with van der Waals surface area (Å²) >= 11 is 0. The van der Waals surface area contributed by atoms with Crippen LogP contribution < -0.4 is 5.48 Å². The molecular weight excluding hydrogens is 204 g/mol. The van der Waals surface area contributed by atoms with Gasteiger partial charge in [-0.3, -0.25) is 4.84 Å². The third kappa shape index (κ3) is 3.90. The lowest BCUT2D eigenvalue weighted by molar-refractivity contribution is 0.0375. The number of carbonyl (C=O) groups excluding carboxylic acids is 1. The highest BCUT2D eigenvalue weighted by atomic mass is 16.7. The van der Waals surface area contributed by atoms with Crippen LogP contribution in [0.1, 0.15) is 19.4 Å². The molecule has 1 aromatic rings. The summed E-state index contributed by atoms with van der Waals surface area (Å²) in [5.74, 6) is 0. The van der Waals surface area contributed by atoms with Crippen molar-refractivity contribution in [3.05, 3.63) is 35.9 Å². The molecule has 1 N–H and O–H groups in total. The Morgan fingerprint density at radius 1 is 1.25 bits per heavy atom. The number of hydrogen-bond acceptors (Lipinski definition) is 2. The van der Waals surface area contributed by atoms with Gasteiger partial charge in [0, 0.05) is 13.1 Å². The Morgan fingerprint density at radius 2 is 1.88 bits per heavy atom. The minimum absolute atomic E-state index is 0.194. The first-order chi connectivity index (χ1) is 7.77. The van der Waals surface area contributed by atoms with Crippen molar-refractivity contribution in [3.63, 3.8) is 0 Å². The van der Waals surface area contributed by atoms with Crippen LogP contribution in [0.25, 0.3) is 0 Å². The Kier molecular flexibility index (Phi) is 5.36. The molecule has 0 radical (unpaired) electrons. The molecule has 0 heterocycles. The third-order valence-corrected chi connectivity index (χ3v) is 2.29. The van der Waals surface area contributed by atoms with Crippen molar-refractivity contribution >= 4 is 6.03 Å². The molecule has 0 atom stereocenters. The van der Waals surface area contributed by atoms with E-state index in [4.69, 9.17) is 4.84 Å². The second-order valence-electron chi connectivity index (χ2n) is 3.35. The van der Waals surface area contributed by atoms with Crippen molar-refractivity contribution in [2.45, 2.75) is 20.5 Å². The molecule has 1 rings (SSSR count). The number of hydroxylamine groups is 1. The molecule has 0 aliphatic heterocycles. The van der Waals surface area contributed by atoms with Crippen LogP contribution in [-0.2, 0) is 11.4 Å². The van der Waals surface area contributed by atoms with Gasteiger partial charge in [-0.2, -0.15) is 0 Å². The molecule has 0 unspecified atom stereocenters. The van der Waals surface area contributed by atoms with Crippen molar-refractivity contribution in [2.75, 3.05) is 13.1 Å². The summed E-state index contributed by atoms with van der Waals surface area (Å²) in [6, 6.07) is 9.52. The van der Waals surface area contributed by atoms with Gasteiger partial charge >= 0.3 is 6.03 Å². The van der Waals surface area contributed by atoms with Gasteiger partial charge < -0.3 is 4.90 Å². The summed E-state index contributed by atoms with van der Waals surface area (Å²) in [6.45, 7) is 5.60. The Bertz CT molecular complexity index is 310. The minimum atomic E-state index is -0.194. The smallest absolute Gasteiger partial charge is 0.324 e. The number of carbonyl (C=O) groups is 1. The monoisotopic (exact) mass is 222 g/mol. The second-order valence-corrected chi connectivity index (χ2v) is 3.35. The van der Waals surface area contributed by atoms with Crippen LogP contribution in [0, 0.1) is 0 Å². The van der Waals surface area contributed by atoms with E-state index in [1.54, 1.807) is 4.90 Å². The van der Waals surface area contributed by atoms with Gasteiger partial charge in [-0.05, 0) is 19.4 Å². The van der Waals surface area contributed by atoms with Crippen LogP contribution in [0.4, 0.5) is 4.79 Å². The first-order valence-corrected chi connectivity index (χ1v) is 5.48. The lowest BCUT2D eigenvalue weighted by Crippen LogP contribution is -2.39. The maximum absolute atomic E-state index is 11.5. The second kappa shape index (κ2) is 6.85. The largest absolute Gasteiger partial charge is 0.341 e. The van der Waals surface area contributed by atoms with Gasteiger partial charge in [0.2, 0.25) is 0 Å². The fraction of sp³-hybridized carbons (Fsp3) is 0.417. The van der Waals surface area contributed by atoms with Gasteiger partial charge in [-0.15, -0.1) is 0 Å². The topological polar surface area (TPSA) is 41.6 Å². The molecule has 0 fully saturated rings. The zero-order valence-corrected chi connectivity index (χ0v) is 9.77. The van der Waals surface area contributed by atoms with E-state index in [1.807, 2.05) is 44.2 Å². The van der Waals surface area contributed by atoms with E-state index >= 15 is 0 Å². The molecule has 0 aromatic heterocycles. The molecule has 4 heteroatoms. The summed E-state index contributed by atoms with van der Waals surface area (Å²) in [7, 11) is 0. The Morgan fingerprint density at radius 3 is 2.44 bits per heavy atom. The molecule has 88 valence electrons. The number of rotatable bonds is 5. The quantitative estimate of drug-likeness (QED) is 0.776. The minimum Gasteiger partial charge on any atom is -0.324 e. The standard InChI is InChI=1S/C12H18N2O2/c1-3-14(4-2)12(15)13-16-10-11-8-6-5-7-9-11/h5-9H,3-4,10H2,1-2H3,(H,13,15). The first kappa shape index (κ1) is 12.5. The fourth-order valence-electron chi connectivity index (χ4n) is 1.33. The summed E-state index contributed by atoms with van der Waals surface area (Å²) < 4.78 is 0. The van der Waals surface area contributed by atoms with Crippen LogP contribution in [0.2, 0.25) is 0 Å². The SMILES string of the molecule is CCN(CC)C(=O)NOCc1ccccc1. The van der Waals surface area contributed by atoms with Crippen LogP contribution in [0.5, 0.6) is 0 Å². The lowest BCUT2D eigenvalue weighted by atomic mass is 10.2. The highest BCUT2D eigenvalue weighted by molar-refractivity contribution is 5.72. The van der Waals surface area contributed by atoms with E-state index in [9.17, 15) is 4.79 Å². The van der Waals surface area contributed by atoms with Gasteiger partial charge in [-0.25, -0.2) is 10.3 Å². The van der Waals surface area contributed by atoms with Gasteiger partial charge in [0.1, 0.15) is 0 Å². The highest BCUT2D eigenvalue weighted by Gasteiger charge is 2.07. The number of urea groups is 1. The van der Waals surface area contributed by atoms with E-state index < -0.39 is 0 Å². The molecule has 16 heavy (non-hydrogen) atoms. The van der Waals surface area contributed by atoms with Crippen molar-refractivity contribution < 1.29 is 9.63 Å². The van der Waals surface area contributed by atoms with E-state index in [2.05, 4.69) is 5.48 Å². The normalized spacial score (nSPS) is 9.88. The van der Waals surface area contributed by atoms with Crippen molar-refractivity contribution in [1.82, 2.24) is 10.4 Å². The average Bonchev–Trinajstić information content (AvgIpc) is 2.32. The number of nitrogens with one attached hydrogen (secondary N) is 1. The Labute approximate surface area is 96.2 Å². The number of amides is 2. The molecule has 0 saturated heterocycles. The van der Waals surface area contributed by atoms with Crippen molar-refractivity contribution in [3.8, 4) is 0 Å². The van der Waals surface area contributed by atoms with Crippen LogP contribution in [0.15, 0.2) is 30.3 Å². The van der Waals surface area contributed by atoms with Crippen LogP contribution in [0.3, 0.4) is 0 Å². The molecule has 1 aromatic carbocycles. The summed E-state index contributed by atoms with van der Waals surface area (Å²) in [5.41, 5.74) is 3.45. The van der Waals surface area contributed by atoms with E-state index in [-0.39, 0.29) is 6.03 Å². The molecule has 2 amide bonds. The summed E-state index contributed by atoms with van der Waals surface area (Å²) in [5, 5.41) is 0. The first-order valence-electron chi connectivity index (χ1n) is 5.48. The fourth-order valence-corrected chi connectivity index (χ4v) is 1.33. The summed E-state index contributed by atoms with van der Waals surface area (Å²) in [6.07, 6.45) is 0. The molecule has 0 aliphatic rings. The number of nitrogens with zero attached hydrogens (tertiary/aromatic N) is 1. The van der Waals surface area contributed by atoms with E-state index in [1.165, 1.54) is 0 Å². The number of hydrogen-bond donors (Lipinski definition) is 1. The van der Waals surface area contributed by atoms with Gasteiger partial charge in [0.15, 0.2) is 0 Å². The van der Waals surface area contributed by atoms with Gasteiger partial charge in [0.25, 0.3) is 0 Å². The van der Waals surface area contributed by atoms with Crippen LogP contribution >= 0.6 is 0 Å². The maximum Gasteiger partial charge on any atom is 0.341 e. The molecule has 0 saturated carbocycles. The Hall–Kier alpha value is -1.55. The lowest BCUT2D eigenvalue weighted by Gasteiger charge is -2.18. The average molecular weight is 222 g/mol. The third-order valence-electron chi connectivity index (χ3n) is 2.29. The predicted octanol–water partition coefficient (Wildman–Crippen LogP) is 2.17. The predicted molar refractivity (Wildman–Crippen MR) is 62.7 cm³/mol. The molecule has 0 aliphatic carbocycles. The van der Waals surface area contributed by atoms with Crippen molar-refractivity contribution in [2.24, 2.45) is 0 Å². The molecule has 4 nitrogen and oxygen atoms in total. The Balaban J connectivity index is 2.28. The zero-order valence-electron chi connectivity index (χ0n) is 9.77. The van der Waals surface area contributed by atoms with Gasteiger partial charge in [-0.1, -0.05) is 30.3 Å². The van der Waals surface area contributed by atoms with E-state index in [0.717, 1.165) is 5.56 Å².